The number of carboxylic acid groups (broad SMARTS) is 4. The van der Waals surface area contributed by atoms with Gasteiger partial charge in [-0.25, -0.2) is 4.21 Å². The zero-order chi connectivity index (χ0) is 25.2. The third kappa shape index (κ3) is 58.8. The van der Waals surface area contributed by atoms with E-state index in [0.717, 1.165) is 77.0 Å². The predicted molar refractivity (Wildman–Crippen MR) is 121 cm³/mol. The Morgan fingerprint density at radius 1 is 0.485 bits per heavy atom. The van der Waals surface area contributed by atoms with Gasteiger partial charge in [0.1, 0.15) is 0 Å². The average molecular weight is 503 g/mol. The molecule has 8 N–H and O–H groups in total. The van der Waals surface area contributed by atoms with E-state index in [2.05, 4.69) is 0 Å². The van der Waals surface area contributed by atoms with Gasteiger partial charge in [0.25, 0.3) is 0 Å². The Kier molecular flexibility index (Phi) is 34.6. The second-order valence-electron chi connectivity index (χ2n) is 7.03. The fraction of sp³-hybridized carbons (Fsp3) is 0.800. The van der Waals surface area contributed by atoms with Crippen LogP contribution in [0.4, 0.5) is 0 Å². The van der Waals surface area contributed by atoms with Crippen molar-refractivity contribution in [3.05, 3.63) is 0 Å². The molecule has 33 heavy (non-hydrogen) atoms. The zero-order valence-corrected chi connectivity index (χ0v) is 19.9. The maximum absolute atomic E-state index is 10.1. The lowest BCUT2D eigenvalue weighted by Crippen LogP contribution is -1.94. The van der Waals surface area contributed by atoms with E-state index in [9.17, 15) is 19.2 Å². The first-order valence-corrected chi connectivity index (χ1v) is 11.7. The molecule has 0 fully saturated rings. The summed E-state index contributed by atoms with van der Waals surface area (Å²) in [6.45, 7) is 0. The van der Waals surface area contributed by atoms with Crippen molar-refractivity contribution in [1.82, 2.24) is 6.15 Å². The van der Waals surface area contributed by atoms with Crippen LogP contribution in [0.1, 0.15) is 103 Å². The molecule has 0 aliphatic rings. The van der Waals surface area contributed by atoms with Crippen LogP contribution in [-0.4, -0.2) is 57.6 Å². The third-order valence-corrected chi connectivity index (χ3v) is 4.06. The summed E-state index contributed by atoms with van der Waals surface area (Å²) in [5.41, 5.74) is 0. The van der Waals surface area contributed by atoms with Gasteiger partial charge < -0.3 is 35.7 Å². The van der Waals surface area contributed by atoms with Crippen LogP contribution < -0.4 is 6.15 Å². The van der Waals surface area contributed by atoms with Gasteiger partial charge in [-0.3, -0.25) is 19.2 Å². The zero-order valence-electron chi connectivity index (χ0n) is 19.1. The van der Waals surface area contributed by atoms with E-state index in [0.29, 0.717) is 0 Å². The Morgan fingerprint density at radius 2 is 0.606 bits per heavy atom. The molecule has 0 amide bonds. The molecule has 0 aromatic carbocycles. The van der Waals surface area contributed by atoms with Crippen molar-refractivity contribution in [3.63, 3.8) is 0 Å². The van der Waals surface area contributed by atoms with Crippen LogP contribution in [0, 0.1) is 0 Å². The quantitative estimate of drug-likeness (QED) is 0.115. The highest BCUT2D eigenvalue weighted by atomic mass is 32.2. The largest absolute Gasteiger partial charge is 0.750 e. The minimum Gasteiger partial charge on any atom is -0.750 e. The summed E-state index contributed by atoms with van der Waals surface area (Å²) in [6, 6.07) is 0. The number of hydrogen-bond acceptors (Lipinski definition) is 7. The Labute approximate surface area is 197 Å². The van der Waals surface area contributed by atoms with Gasteiger partial charge >= 0.3 is 23.9 Å². The summed E-state index contributed by atoms with van der Waals surface area (Å²) in [7, 11) is 0. The van der Waals surface area contributed by atoms with E-state index in [-0.39, 0.29) is 31.8 Å². The SMILES string of the molecule is N.O=C(O)CCCCCCCCC(=O)O.O=C(O)CCCCCCCCC(=O)O.O=S([O-])O. The fourth-order valence-corrected chi connectivity index (χ4v) is 2.52. The molecule has 0 rings (SSSR count). The van der Waals surface area contributed by atoms with E-state index in [1.165, 1.54) is 0 Å². The van der Waals surface area contributed by atoms with Crippen LogP contribution in [0.2, 0.25) is 0 Å². The molecule has 0 saturated heterocycles. The van der Waals surface area contributed by atoms with Gasteiger partial charge in [0.05, 0.1) is 11.4 Å². The average Bonchev–Trinajstić information content (AvgIpc) is 2.65. The molecule has 0 aromatic heterocycles. The molecule has 0 aliphatic heterocycles. The van der Waals surface area contributed by atoms with E-state index in [1.807, 2.05) is 0 Å². The summed E-state index contributed by atoms with van der Waals surface area (Å²) in [4.78, 5) is 40.6. The molecule has 12 nitrogen and oxygen atoms in total. The lowest BCUT2D eigenvalue weighted by Gasteiger charge is -1.98. The first-order valence-electron chi connectivity index (χ1n) is 10.6. The highest BCUT2D eigenvalue weighted by Crippen LogP contribution is 2.09. The van der Waals surface area contributed by atoms with Crippen LogP contribution >= 0.6 is 0 Å². The molecule has 1 unspecified atom stereocenters. The van der Waals surface area contributed by atoms with Crippen molar-refractivity contribution in [2.75, 3.05) is 0 Å². The summed E-state index contributed by atoms with van der Waals surface area (Å²) in [6.07, 6.45) is 11.6. The fourth-order valence-electron chi connectivity index (χ4n) is 2.52. The number of unbranched alkanes of at least 4 members (excludes halogenated alkanes) is 10. The lowest BCUT2D eigenvalue weighted by molar-refractivity contribution is -0.138. The maximum atomic E-state index is 10.1. The van der Waals surface area contributed by atoms with E-state index in [1.54, 1.807) is 0 Å². The van der Waals surface area contributed by atoms with Gasteiger partial charge in [-0.1, -0.05) is 51.4 Å². The first kappa shape index (κ1) is 38.2. The molecule has 0 aromatic rings. The van der Waals surface area contributed by atoms with Gasteiger partial charge in [0.2, 0.25) is 0 Å². The third-order valence-electron chi connectivity index (χ3n) is 4.06. The van der Waals surface area contributed by atoms with E-state index >= 15 is 0 Å². The molecular formula is C20H40NO11S-. The number of carbonyl (C=O) groups is 4. The molecule has 0 bridgehead atoms. The second-order valence-corrected chi connectivity index (χ2v) is 7.47. The Balaban J connectivity index is -0.000000213. The minimum atomic E-state index is -2.86. The van der Waals surface area contributed by atoms with Crippen molar-refractivity contribution in [3.8, 4) is 0 Å². The van der Waals surface area contributed by atoms with Crippen LogP contribution in [0.15, 0.2) is 0 Å². The molecule has 13 heteroatoms. The van der Waals surface area contributed by atoms with Crippen molar-refractivity contribution >= 4 is 35.2 Å². The number of carboxylic acids is 4. The molecule has 1 atom stereocenters. The van der Waals surface area contributed by atoms with E-state index < -0.39 is 35.2 Å². The van der Waals surface area contributed by atoms with Crippen molar-refractivity contribution in [2.45, 2.75) is 103 Å². The standard InChI is InChI=1S/2C10H18O4.H3N.H2O3S/c2*11-9(12)7-5-3-1-2-4-6-8-10(13)14;;1-4(2)3/h2*1-8H2,(H,11,12)(H,13,14);1H3;(H2,1,2,3)/p-1. The van der Waals surface area contributed by atoms with Crippen molar-refractivity contribution in [1.29, 1.82) is 0 Å². The molecule has 0 heterocycles. The Morgan fingerprint density at radius 3 is 0.727 bits per heavy atom. The summed E-state index contributed by atoms with van der Waals surface area (Å²) in [5.74, 6) is -2.96. The first-order chi connectivity index (χ1) is 15.0. The maximum Gasteiger partial charge on any atom is 0.303 e. The molecule has 0 saturated carbocycles. The van der Waals surface area contributed by atoms with Crippen LogP contribution in [0.3, 0.4) is 0 Å². The number of aliphatic carboxylic acids is 4. The van der Waals surface area contributed by atoms with Gasteiger partial charge in [0, 0.05) is 25.7 Å². The van der Waals surface area contributed by atoms with Gasteiger partial charge in [-0.05, 0) is 25.7 Å². The van der Waals surface area contributed by atoms with E-state index in [4.69, 9.17) is 33.7 Å². The van der Waals surface area contributed by atoms with Crippen LogP contribution in [-0.2, 0) is 30.5 Å². The van der Waals surface area contributed by atoms with Crippen molar-refractivity contribution in [2.24, 2.45) is 0 Å². The number of hydrogen-bond donors (Lipinski definition) is 6. The topological polar surface area (TPSA) is 245 Å². The Bertz CT molecular complexity index is 446. The normalized spacial score (nSPS) is 10.4. The smallest absolute Gasteiger partial charge is 0.303 e. The van der Waals surface area contributed by atoms with Crippen molar-refractivity contribution < 1.29 is 52.9 Å². The lowest BCUT2D eigenvalue weighted by atomic mass is 10.1. The molecular weight excluding hydrogens is 462 g/mol. The molecule has 198 valence electrons. The van der Waals surface area contributed by atoms with Gasteiger partial charge in [-0.2, -0.15) is 0 Å². The summed E-state index contributed by atoms with van der Waals surface area (Å²) >= 11 is -2.86. The molecule has 0 aliphatic carbocycles. The highest BCUT2D eigenvalue weighted by molar-refractivity contribution is 7.73. The van der Waals surface area contributed by atoms with Gasteiger partial charge in [-0.15, -0.1) is 0 Å². The summed E-state index contributed by atoms with van der Waals surface area (Å²) < 4.78 is 24.1. The summed E-state index contributed by atoms with van der Waals surface area (Å²) in [5, 5.41) is 33.4. The van der Waals surface area contributed by atoms with Crippen LogP contribution in [0.25, 0.3) is 0 Å². The number of rotatable bonds is 18. The monoisotopic (exact) mass is 502 g/mol. The second kappa shape index (κ2) is 29.9. The van der Waals surface area contributed by atoms with Crippen LogP contribution in [0.5, 0.6) is 0 Å². The highest BCUT2D eigenvalue weighted by Gasteiger charge is 1.99. The molecule has 0 radical (unpaired) electrons. The minimum absolute atomic E-state index is 0. The predicted octanol–water partition coefficient (Wildman–Crippen LogP) is 4.05. The Hall–Kier alpha value is -2.09. The van der Waals surface area contributed by atoms with Gasteiger partial charge in [0.15, 0.2) is 0 Å². The molecule has 0 spiro atoms.